The molecule has 3 rings (SSSR count). The average molecular weight is 514 g/mol. The van der Waals surface area contributed by atoms with Crippen LogP contribution in [0.15, 0.2) is 35.3 Å². The molecular formula is C23H40IN5. The third kappa shape index (κ3) is 8.42. The predicted octanol–water partition coefficient (Wildman–Crippen LogP) is 3.70. The first-order chi connectivity index (χ1) is 13.7. The Labute approximate surface area is 194 Å². The summed E-state index contributed by atoms with van der Waals surface area (Å²) in [6.45, 7) is 12.0. The second-order valence-corrected chi connectivity index (χ2v) is 8.32. The number of piperidine rings is 2. The van der Waals surface area contributed by atoms with E-state index in [0.717, 1.165) is 45.2 Å². The maximum absolute atomic E-state index is 4.86. The smallest absolute Gasteiger partial charge is 0.191 e. The molecule has 2 fully saturated rings. The van der Waals surface area contributed by atoms with E-state index in [1.807, 2.05) is 0 Å². The highest BCUT2D eigenvalue weighted by Crippen LogP contribution is 2.16. The second-order valence-electron chi connectivity index (χ2n) is 8.32. The molecule has 1 aromatic carbocycles. The van der Waals surface area contributed by atoms with E-state index in [0.29, 0.717) is 12.1 Å². The van der Waals surface area contributed by atoms with Crippen molar-refractivity contribution in [2.45, 2.75) is 64.6 Å². The van der Waals surface area contributed by atoms with Gasteiger partial charge in [-0.1, -0.05) is 36.8 Å². The van der Waals surface area contributed by atoms with Gasteiger partial charge in [-0.2, -0.15) is 0 Å². The molecule has 2 N–H and O–H groups in total. The van der Waals surface area contributed by atoms with Crippen molar-refractivity contribution in [1.82, 2.24) is 20.4 Å². The molecule has 0 amide bonds. The number of nitrogens with one attached hydrogen (secondary N) is 2. The Kier molecular flexibility index (Phi) is 11.3. The Morgan fingerprint density at radius 1 is 1.07 bits per heavy atom. The monoisotopic (exact) mass is 513 g/mol. The minimum Gasteiger partial charge on any atom is -0.357 e. The molecule has 2 heterocycles. The summed E-state index contributed by atoms with van der Waals surface area (Å²) in [6, 6.07) is 12.0. The Bertz CT molecular complexity index is 586. The molecular weight excluding hydrogens is 473 g/mol. The highest BCUT2D eigenvalue weighted by molar-refractivity contribution is 14.0. The van der Waals surface area contributed by atoms with Crippen molar-refractivity contribution in [2.24, 2.45) is 4.99 Å². The normalized spacial score (nSPS) is 22.1. The molecule has 1 atom stereocenters. The van der Waals surface area contributed by atoms with Crippen molar-refractivity contribution in [3.63, 3.8) is 0 Å². The molecule has 0 spiro atoms. The van der Waals surface area contributed by atoms with Crippen LogP contribution in [0.3, 0.4) is 0 Å². The van der Waals surface area contributed by atoms with Gasteiger partial charge in [-0.25, -0.2) is 0 Å². The lowest BCUT2D eigenvalue weighted by molar-refractivity contribution is 0.165. The zero-order valence-electron chi connectivity index (χ0n) is 18.3. The van der Waals surface area contributed by atoms with Gasteiger partial charge >= 0.3 is 0 Å². The van der Waals surface area contributed by atoms with Crippen molar-refractivity contribution in [3.8, 4) is 0 Å². The molecule has 2 aliphatic rings. The minimum absolute atomic E-state index is 0. The fraction of sp³-hybridized carbons (Fsp3) is 0.696. The van der Waals surface area contributed by atoms with E-state index in [1.165, 1.54) is 44.2 Å². The van der Waals surface area contributed by atoms with Crippen molar-refractivity contribution < 1.29 is 0 Å². The number of benzene rings is 1. The maximum atomic E-state index is 4.86. The Hall–Kier alpha value is -0.860. The largest absolute Gasteiger partial charge is 0.357 e. The molecule has 164 valence electrons. The Morgan fingerprint density at radius 2 is 1.83 bits per heavy atom. The predicted molar refractivity (Wildman–Crippen MR) is 134 cm³/mol. The zero-order chi connectivity index (χ0) is 19.6. The van der Waals surface area contributed by atoms with Gasteiger partial charge in [0.2, 0.25) is 0 Å². The number of halogens is 1. The Balaban J connectivity index is 0.00000300. The third-order valence-corrected chi connectivity index (χ3v) is 6.12. The molecule has 0 saturated carbocycles. The van der Waals surface area contributed by atoms with Gasteiger partial charge in [-0.15, -0.1) is 24.0 Å². The molecule has 2 aliphatic heterocycles. The van der Waals surface area contributed by atoms with E-state index in [2.05, 4.69) is 64.6 Å². The van der Waals surface area contributed by atoms with Gasteiger partial charge in [-0.3, -0.25) is 14.8 Å². The summed E-state index contributed by atoms with van der Waals surface area (Å²) in [4.78, 5) is 10.0. The van der Waals surface area contributed by atoms with Crippen LogP contribution in [-0.4, -0.2) is 67.1 Å². The second kappa shape index (κ2) is 13.4. The molecule has 1 unspecified atom stereocenters. The first-order valence-corrected chi connectivity index (χ1v) is 11.3. The van der Waals surface area contributed by atoms with Crippen LogP contribution >= 0.6 is 24.0 Å². The van der Waals surface area contributed by atoms with Gasteiger partial charge < -0.3 is 10.6 Å². The van der Waals surface area contributed by atoms with Crippen LogP contribution in [-0.2, 0) is 6.54 Å². The fourth-order valence-electron chi connectivity index (χ4n) is 4.37. The minimum atomic E-state index is 0. The number of hydrogen-bond acceptors (Lipinski definition) is 3. The van der Waals surface area contributed by atoms with E-state index in [1.54, 1.807) is 0 Å². The molecule has 0 aliphatic carbocycles. The van der Waals surface area contributed by atoms with Crippen LogP contribution in [0.2, 0.25) is 0 Å². The number of likely N-dealkylation sites (tertiary alicyclic amines) is 2. The SMILES string of the molecule is CCNC(=NCCN1CCCCC1C)NC1CCN(Cc2ccccc2)CC1.I. The van der Waals surface area contributed by atoms with E-state index >= 15 is 0 Å². The number of aliphatic imine (C=N–C) groups is 1. The van der Waals surface area contributed by atoms with E-state index in [-0.39, 0.29) is 24.0 Å². The highest BCUT2D eigenvalue weighted by Gasteiger charge is 2.20. The van der Waals surface area contributed by atoms with Crippen LogP contribution in [0.5, 0.6) is 0 Å². The molecule has 0 bridgehead atoms. The van der Waals surface area contributed by atoms with Crippen molar-refractivity contribution in [1.29, 1.82) is 0 Å². The van der Waals surface area contributed by atoms with Crippen molar-refractivity contribution >= 4 is 29.9 Å². The summed E-state index contributed by atoms with van der Waals surface area (Å²) in [6.07, 6.45) is 6.42. The van der Waals surface area contributed by atoms with E-state index in [4.69, 9.17) is 4.99 Å². The molecule has 6 heteroatoms. The standard InChI is InChI=1S/C23H39N5.HI/c1-3-24-23(25-14-18-28-15-8-7-9-20(28)2)26-22-12-16-27(17-13-22)19-21-10-5-4-6-11-21;/h4-6,10-11,20,22H,3,7-9,12-19H2,1-2H3,(H2,24,25,26);1H. The molecule has 0 aromatic heterocycles. The van der Waals surface area contributed by atoms with Gasteiger partial charge in [0.1, 0.15) is 0 Å². The lowest BCUT2D eigenvalue weighted by Gasteiger charge is -2.33. The van der Waals surface area contributed by atoms with E-state index in [9.17, 15) is 0 Å². The van der Waals surface area contributed by atoms with Crippen LogP contribution in [0.4, 0.5) is 0 Å². The van der Waals surface area contributed by atoms with Crippen molar-refractivity contribution in [2.75, 3.05) is 39.3 Å². The van der Waals surface area contributed by atoms with Crippen LogP contribution in [0.1, 0.15) is 51.5 Å². The van der Waals surface area contributed by atoms with Gasteiger partial charge in [-0.05, 0) is 51.6 Å². The summed E-state index contributed by atoms with van der Waals surface area (Å²) < 4.78 is 0. The summed E-state index contributed by atoms with van der Waals surface area (Å²) in [5, 5.41) is 7.12. The zero-order valence-corrected chi connectivity index (χ0v) is 20.6. The Morgan fingerprint density at radius 3 is 2.52 bits per heavy atom. The summed E-state index contributed by atoms with van der Waals surface area (Å²) in [5.41, 5.74) is 1.41. The summed E-state index contributed by atoms with van der Waals surface area (Å²) in [7, 11) is 0. The number of hydrogen-bond donors (Lipinski definition) is 2. The first-order valence-electron chi connectivity index (χ1n) is 11.3. The molecule has 5 nitrogen and oxygen atoms in total. The number of nitrogens with zero attached hydrogens (tertiary/aromatic N) is 3. The lowest BCUT2D eigenvalue weighted by atomic mass is 10.0. The number of rotatable bonds is 7. The molecule has 2 saturated heterocycles. The summed E-state index contributed by atoms with van der Waals surface area (Å²) in [5.74, 6) is 0.994. The topological polar surface area (TPSA) is 42.9 Å². The molecule has 29 heavy (non-hydrogen) atoms. The quantitative estimate of drug-likeness (QED) is 0.332. The van der Waals surface area contributed by atoms with Gasteiger partial charge in [0, 0.05) is 44.8 Å². The summed E-state index contributed by atoms with van der Waals surface area (Å²) >= 11 is 0. The van der Waals surface area contributed by atoms with Gasteiger partial charge in [0.15, 0.2) is 5.96 Å². The van der Waals surface area contributed by atoms with Crippen molar-refractivity contribution in [3.05, 3.63) is 35.9 Å². The van der Waals surface area contributed by atoms with Crippen LogP contribution < -0.4 is 10.6 Å². The van der Waals surface area contributed by atoms with Gasteiger partial charge in [0.05, 0.1) is 6.54 Å². The fourth-order valence-corrected chi connectivity index (χ4v) is 4.37. The van der Waals surface area contributed by atoms with Gasteiger partial charge in [0.25, 0.3) is 0 Å². The lowest BCUT2D eigenvalue weighted by Crippen LogP contribution is -2.48. The third-order valence-electron chi connectivity index (χ3n) is 6.12. The van der Waals surface area contributed by atoms with E-state index < -0.39 is 0 Å². The van der Waals surface area contributed by atoms with Crippen LogP contribution in [0.25, 0.3) is 0 Å². The molecule has 1 aromatic rings. The van der Waals surface area contributed by atoms with Crippen LogP contribution in [0, 0.1) is 0 Å². The average Bonchev–Trinajstić information content (AvgIpc) is 2.72. The first kappa shape index (κ1) is 24.4. The maximum Gasteiger partial charge on any atom is 0.191 e. The number of guanidine groups is 1. The highest BCUT2D eigenvalue weighted by atomic mass is 127. The molecule has 0 radical (unpaired) electrons.